The van der Waals surface area contributed by atoms with E-state index in [1.54, 1.807) is 18.2 Å². The number of ether oxygens (including phenoxy) is 2. The number of nitrogens with one attached hydrogen (secondary N) is 1. The van der Waals surface area contributed by atoms with Crippen LogP contribution in [0.25, 0.3) is 0 Å². The minimum Gasteiger partial charge on any atom is -0.490 e. The maximum Gasteiger partial charge on any atom is 0.257 e. The maximum atomic E-state index is 12.2. The Morgan fingerprint density at radius 1 is 1.21 bits per heavy atom. The summed E-state index contributed by atoms with van der Waals surface area (Å²) < 4.78 is 11.1. The minimum atomic E-state index is -0.162. The first-order chi connectivity index (χ1) is 13.7. The van der Waals surface area contributed by atoms with E-state index in [0.29, 0.717) is 36.1 Å². The predicted octanol–water partition coefficient (Wildman–Crippen LogP) is 2.98. The number of carbonyl (C=O) groups excluding carboxylic acids is 1. The summed E-state index contributed by atoms with van der Waals surface area (Å²) in [5.41, 5.74) is 1.72. The van der Waals surface area contributed by atoms with Crippen LogP contribution < -0.4 is 19.7 Å². The molecule has 6 heteroatoms. The van der Waals surface area contributed by atoms with Gasteiger partial charge in [0.15, 0.2) is 18.1 Å². The molecule has 0 radical (unpaired) electrons. The number of nitrogens with zero attached hydrogens (tertiary/aromatic N) is 2. The van der Waals surface area contributed by atoms with Crippen molar-refractivity contribution in [2.24, 2.45) is 5.92 Å². The molecule has 0 unspecified atom stereocenters. The topological polar surface area (TPSA) is 74.6 Å². The molecule has 3 rings (SSSR count). The lowest BCUT2D eigenvalue weighted by Gasteiger charge is -2.18. The van der Waals surface area contributed by atoms with Gasteiger partial charge >= 0.3 is 0 Å². The largest absolute Gasteiger partial charge is 0.490 e. The Morgan fingerprint density at radius 3 is 2.79 bits per heavy atom. The fraction of sp³-hybridized carbons (Fsp3) is 0.364. The smallest absolute Gasteiger partial charge is 0.257 e. The summed E-state index contributed by atoms with van der Waals surface area (Å²) in [5, 5.41) is 11.9. The Hall–Kier alpha value is -3.20. The van der Waals surface area contributed by atoms with Gasteiger partial charge in [-0.2, -0.15) is 5.26 Å². The zero-order valence-corrected chi connectivity index (χ0v) is 16.1. The highest BCUT2D eigenvalue weighted by Gasteiger charge is 2.23. The normalized spacial score (nSPS) is 15.7. The van der Waals surface area contributed by atoms with Crippen LogP contribution in [0.4, 0.5) is 5.69 Å². The van der Waals surface area contributed by atoms with Gasteiger partial charge in [0, 0.05) is 31.4 Å². The number of anilines is 1. The second-order valence-electron chi connectivity index (χ2n) is 6.74. The van der Waals surface area contributed by atoms with Crippen LogP contribution in [-0.2, 0) is 4.79 Å². The average molecular weight is 379 g/mol. The lowest BCUT2D eigenvalue weighted by atomic mass is 10.1. The number of hydrogen-bond donors (Lipinski definition) is 1. The molecule has 28 heavy (non-hydrogen) atoms. The van der Waals surface area contributed by atoms with E-state index in [-0.39, 0.29) is 12.5 Å². The molecule has 1 aliphatic rings. The number of hydrogen-bond acceptors (Lipinski definition) is 5. The molecule has 0 saturated carbocycles. The first kappa shape index (κ1) is 19.6. The Kier molecular flexibility index (Phi) is 6.74. The van der Waals surface area contributed by atoms with Crippen molar-refractivity contribution in [3.05, 3.63) is 54.1 Å². The van der Waals surface area contributed by atoms with Crippen LogP contribution in [0.5, 0.6) is 11.5 Å². The van der Waals surface area contributed by atoms with Gasteiger partial charge in [-0.25, -0.2) is 0 Å². The number of rotatable bonds is 8. The molecule has 6 nitrogen and oxygen atoms in total. The molecule has 1 N–H and O–H groups in total. The summed E-state index contributed by atoms with van der Waals surface area (Å²) in [6, 6.07) is 17.3. The highest BCUT2D eigenvalue weighted by atomic mass is 16.5. The molecule has 0 aliphatic carbocycles. The molecular formula is C22H25N3O3. The number of amides is 1. The van der Waals surface area contributed by atoms with Crippen molar-refractivity contribution in [2.45, 2.75) is 13.3 Å². The van der Waals surface area contributed by atoms with Gasteiger partial charge < -0.3 is 19.7 Å². The monoisotopic (exact) mass is 379 g/mol. The van der Waals surface area contributed by atoms with E-state index in [1.165, 1.54) is 5.69 Å². The second kappa shape index (κ2) is 9.65. The molecule has 1 aliphatic heterocycles. The van der Waals surface area contributed by atoms with E-state index in [4.69, 9.17) is 14.7 Å². The van der Waals surface area contributed by atoms with Crippen molar-refractivity contribution >= 4 is 11.6 Å². The highest BCUT2D eigenvalue weighted by molar-refractivity contribution is 5.77. The van der Waals surface area contributed by atoms with Gasteiger partial charge in [-0.05, 0) is 43.5 Å². The van der Waals surface area contributed by atoms with Crippen molar-refractivity contribution in [1.29, 1.82) is 5.26 Å². The molecule has 1 fully saturated rings. The first-order valence-electron chi connectivity index (χ1n) is 9.56. The minimum absolute atomic E-state index is 0.0822. The van der Waals surface area contributed by atoms with E-state index in [9.17, 15) is 4.79 Å². The Morgan fingerprint density at radius 2 is 2.04 bits per heavy atom. The number of benzene rings is 2. The zero-order chi connectivity index (χ0) is 19.8. The Labute approximate surface area is 165 Å². The third-order valence-electron chi connectivity index (χ3n) is 4.73. The lowest BCUT2D eigenvalue weighted by Crippen LogP contribution is -2.34. The zero-order valence-electron chi connectivity index (χ0n) is 16.1. The molecule has 1 heterocycles. The summed E-state index contributed by atoms with van der Waals surface area (Å²) in [5.74, 6) is 1.21. The van der Waals surface area contributed by atoms with E-state index in [1.807, 2.05) is 25.1 Å². The second-order valence-corrected chi connectivity index (χ2v) is 6.74. The molecule has 2 aromatic rings. The summed E-state index contributed by atoms with van der Waals surface area (Å²) in [6.45, 7) is 4.81. The van der Waals surface area contributed by atoms with Crippen LogP contribution in [-0.4, -0.2) is 38.8 Å². The maximum absolute atomic E-state index is 12.2. The van der Waals surface area contributed by atoms with Gasteiger partial charge in [0.1, 0.15) is 0 Å². The Bertz CT molecular complexity index is 833. The fourth-order valence-electron chi connectivity index (χ4n) is 3.29. The summed E-state index contributed by atoms with van der Waals surface area (Å²) in [7, 11) is 0. The molecule has 1 saturated heterocycles. The summed E-state index contributed by atoms with van der Waals surface area (Å²) >= 11 is 0. The molecule has 0 spiro atoms. The average Bonchev–Trinajstić information content (AvgIpc) is 3.21. The molecule has 1 amide bonds. The highest BCUT2D eigenvalue weighted by Crippen LogP contribution is 2.28. The van der Waals surface area contributed by atoms with Gasteiger partial charge in [-0.3, -0.25) is 4.79 Å². The molecule has 146 valence electrons. The lowest BCUT2D eigenvalue weighted by molar-refractivity contribution is -0.123. The molecule has 2 aromatic carbocycles. The van der Waals surface area contributed by atoms with Crippen LogP contribution in [0, 0.1) is 17.2 Å². The summed E-state index contributed by atoms with van der Waals surface area (Å²) in [6.07, 6.45) is 1.06. The number of carbonyl (C=O) groups is 1. The quantitative estimate of drug-likeness (QED) is 0.763. The van der Waals surface area contributed by atoms with Gasteiger partial charge in [-0.1, -0.05) is 18.2 Å². The van der Waals surface area contributed by atoms with E-state index >= 15 is 0 Å². The standard InChI is InChI=1S/C22H25N3O3/c1-2-27-21-12-17(13-23)8-9-20(21)28-16-22(26)24-14-18-10-11-25(15-18)19-6-4-3-5-7-19/h3-9,12,18H,2,10-11,14-16H2,1H3,(H,24,26)/t18-/m0/s1. The number of para-hydroxylation sites is 1. The van der Waals surface area contributed by atoms with Crippen molar-refractivity contribution in [2.75, 3.05) is 37.7 Å². The van der Waals surface area contributed by atoms with E-state index in [2.05, 4.69) is 28.4 Å². The van der Waals surface area contributed by atoms with Crippen molar-refractivity contribution in [3.63, 3.8) is 0 Å². The van der Waals surface area contributed by atoms with Crippen LogP contribution in [0.1, 0.15) is 18.9 Å². The Balaban J connectivity index is 1.45. The van der Waals surface area contributed by atoms with Crippen LogP contribution in [0.15, 0.2) is 48.5 Å². The van der Waals surface area contributed by atoms with Gasteiger partial charge in [-0.15, -0.1) is 0 Å². The molecule has 1 atom stereocenters. The summed E-state index contributed by atoms with van der Waals surface area (Å²) in [4.78, 5) is 14.5. The molecular weight excluding hydrogens is 354 g/mol. The third kappa shape index (κ3) is 5.17. The van der Waals surface area contributed by atoms with Crippen LogP contribution in [0.3, 0.4) is 0 Å². The number of nitriles is 1. The first-order valence-corrected chi connectivity index (χ1v) is 9.56. The van der Waals surface area contributed by atoms with E-state index < -0.39 is 0 Å². The van der Waals surface area contributed by atoms with Crippen LogP contribution in [0.2, 0.25) is 0 Å². The molecule has 0 aromatic heterocycles. The van der Waals surface area contributed by atoms with Gasteiger partial charge in [0.05, 0.1) is 18.2 Å². The van der Waals surface area contributed by atoms with Gasteiger partial charge in [0.2, 0.25) is 0 Å². The van der Waals surface area contributed by atoms with Crippen LogP contribution >= 0.6 is 0 Å². The predicted molar refractivity (Wildman–Crippen MR) is 108 cm³/mol. The third-order valence-corrected chi connectivity index (χ3v) is 4.73. The fourth-order valence-corrected chi connectivity index (χ4v) is 3.29. The van der Waals surface area contributed by atoms with Crippen molar-refractivity contribution in [1.82, 2.24) is 5.32 Å². The SMILES string of the molecule is CCOc1cc(C#N)ccc1OCC(=O)NC[C@@H]1CCN(c2ccccc2)C1. The van der Waals surface area contributed by atoms with Gasteiger partial charge in [0.25, 0.3) is 5.91 Å². The van der Waals surface area contributed by atoms with Crippen molar-refractivity contribution < 1.29 is 14.3 Å². The van der Waals surface area contributed by atoms with E-state index in [0.717, 1.165) is 19.5 Å². The molecule has 0 bridgehead atoms. The van der Waals surface area contributed by atoms with Crippen molar-refractivity contribution in [3.8, 4) is 17.6 Å².